The lowest BCUT2D eigenvalue weighted by molar-refractivity contribution is -0.117. The van der Waals surface area contributed by atoms with Gasteiger partial charge in [0.25, 0.3) is 5.56 Å². The highest BCUT2D eigenvalue weighted by Gasteiger charge is 2.13. The van der Waals surface area contributed by atoms with Crippen molar-refractivity contribution >= 4 is 40.2 Å². The number of nitrogens with zero attached hydrogens (tertiary/aromatic N) is 2. The summed E-state index contributed by atoms with van der Waals surface area (Å²) in [7, 11) is 0. The molecule has 2 aromatic carbocycles. The van der Waals surface area contributed by atoms with Crippen LogP contribution in [-0.4, -0.2) is 21.2 Å². The Bertz CT molecular complexity index is 971. The first-order valence-corrected chi connectivity index (χ1v) is 8.61. The van der Waals surface area contributed by atoms with Gasteiger partial charge in [0.1, 0.15) is 0 Å². The van der Waals surface area contributed by atoms with Crippen LogP contribution < -0.4 is 11.3 Å². The summed E-state index contributed by atoms with van der Waals surface area (Å²) in [4.78, 5) is 28.5. The summed E-state index contributed by atoms with van der Waals surface area (Å²) in [6, 6.07) is 14.2. The fourth-order valence-corrected chi connectivity index (χ4v) is 3.45. The van der Waals surface area contributed by atoms with Crippen LogP contribution in [0.5, 0.6) is 0 Å². The average Bonchev–Trinajstić information content (AvgIpc) is 2.55. The van der Waals surface area contributed by atoms with Crippen LogP contribution in [0.25, 0.3) is 16.6 Å². The van der Waals surface area contributed by atoms with Crippen molar-refractivity contribution in [2.45, 2.75) is 11.6 Å². The number of rotatable bonds is 5. The van der Waals surface area contributed by atoms with E-state index in [1.807, 2.05) is 6.07 Å². The van der Waals surface area contributed by atoms with Gasteiger partial charge in [-0.05, 0) is 30.3 Å². The maximum atomic E-state index is 12.9. The first kappa shape index (κ1) is 16.5. The topological polar surface area (TPSA) is 78.0 Å². The summed E-state index contributed by atoms with van der Waals surface area (Å²) in [5.74, 6) is 0.0562. The Morgan fingerprint density at radius 2 is 2.00 bits per heavy atom. The van der Waals surface area contributed by atoms with Crippen LogP contribution in [0.2, 0.25) is 5.02 Å². The molecule has 0 aliphatic rings. The van der Waals surface area contributed by atoms with Gasteiger partial charge in [-0.2, -0.15) is 0 Å². The van der Waals surface area contributed by atoms with Gasteiger partial charge >= 0.3 is 0 Å². The van der Waals surface area contributed by atoms with E-state index in [9.17, 15) is 9.59 Å². The fraction of sp³-hybridized carbons (Fsp3) is 0.118. The number of halogens is 1. The summed E-state index contributed by atoms with van der Waals surface area (Å²) in [6.45, 7) is 0. The molecule has 7 heteroatoms. The van der Waals surface area contributed by atoms with E-state index in [-0.39, 0.29) is 17.9 Å². The molecule has 3 aromatic rings. The maximum absolute atomic E-state index is 12.9. The van der Waals surface area contributed by atoms with Crippen molar-refractivity contribution in [2.75, 3.05) is 5.75 Å². The van der Waals surface area contributed by atoms with E-state index in [2.05, 4.69) is 4.98 Å². The molecule has 5 nitrogen and oxygen atoms in total. The number of hydrogen-bond donors (Lipinski definition) is 1. The quantitative estimate of drug-likeness (QED) is 0.561. The molecular weight excluding hydrogens is 346 g/mol. The minimum atomic E-state index is -0.389. The van der Waals surface area contributed by atoms with Crippen molar-refractivity contribution < 1.29 is 4.79 Å². The number of nitrogens with two attached hydrogens (primary N) is 1. The minimum Gasteiger partial charge on any atom is -0.370 e. The number of carbonyl (C=O) groups is 1. The maximum Gasteiger partial charge on any atom is 0.266 e. The number of hydrogen-bond acceptors (Lipinski definition) is 4. The molecule has 0 aliphatic heterocycles. The van der Waals surface area contributed by atoms with Crippen LogP contribution in [0.15, 0.2) is 58.5 Å². The van der Waals surface area contributed by atoms with E-state index in [0.29, 0.717) is 32.5 Å². The third-order valence-corrected chi connectivity index (χ3v) is 4.57. The molecule has 0 radical (unpaired) electrons. The molecule has 0 spiro atoms. The van der Waals surface area contributed by atoms with Gasteiger partial charge < -0.3 is 5.73 Å². The predicted octanol–water partition coefficient (Wildman–Crippen LogP) is 3.01. The largest absolute Gasteiger partial charge is 0.370 e. The summed E-state index contributed by atoms with van der Waals surface area (Å²) >= 11 is 7.37. The molecule has 3 rings (SSSR count). The number of benzene rings is 2. The zero-order chi connectivity index (χ0) is 17.1. The molecule has 0 aliphatic carbocycles. The molecule has 0 unspecified atom stereocenters. The smallest absolute Gasteiger partial charge is 0.266 e. The summed E-state index contributed by atoms with van der Waals surface area (Å²) in [5.41, 5.74) is 6.26. The lowest BCUT2D eigenvalue weighted by Gasteiger charge is -2.13. The highest BCUT2D eigenvalue weighted by atomic mass is 35.5. The van der Waals surface area contributed by atoms with Gasteiger partial charge in [0.05, 0.1) is 16.6 Å². The minimum absolute atomic E-state index is 0.176. The summed E-state index contributed by atoms with van der Waals surface area (Å²) < 4.78 is 1.51. The number of thioether (sulfide) groups is 1. The van der Waals surface area contributed by atoms with E-state index in [4.69, 9.17) is 17.3 Å². The van der Waals surface area contributed by atoms with E-state index < -0.39 is 0 Å². The second-order valence-electron chi connectivity index (χ2n) is 5.10. The zero-order valence-corrected chi connectivity index (χ0v) is 14.2. The van der Waals surface area contributed by atoms with E-state index in [0.717, 1.165) is 0 Å². The van der Waals surface area contributed by atoms with Crippen LogP contribution in [0, 0.1) is 0 Å². The molecule has 2 N–H and O–H groups in total. The van der Waals surface area contributed by atoms with Gasteiger partial charge in [0, 0.05) is 17.2 Å². The van der Waals surface area contributed by atoms with Gasteiger partial charge in [-0.3, -0.25) is 14.2 Å². The standard InChI is InChI=1S/C17H14ClN3O2S/c18-11-4-3-5-12(10-11)21-16(23)13-6-1-2-7-14(13)20-17(21)24-9-8-15(19)22/h1-7,10H,8-9H2,(H2,19,22). The molecule has 1 amide bonds. The van der Waals surface area contributed by atoms with Gasteiger partial charge in [-0.1, -0.05) is 41.6 Å². The average molecular weight is 360 g/mol. The molecule has 1 aromatic heterocycles. The van der Waals surface area contributed by atoms with Gasteiger partial charge in [0.15, 0.2) is 5.16 Å². The van der Waals surface area contributed by atoms with Crippen LogP contribution in [0.3, 0.4) is 0 Å². The highest BCUT2D eigenvalue weighted by molar-refractivity contribution is 7.99. The molecule has 122 valence electrons. The van der Waals surface area contributed by atoms with Crippen molar-refractivity contribution in [3.8, 4) is 5.69 Å². The van der Waals surface area contributed by atoms with Crippen molar-refractivity contribution in [1.29, 1.82) is 0 Å². The van der Waals surface area contributed by atoms with Gasteiger partial charge in [0.2, 0.25) is 5.91 Å². The SMILES string of the molecule is NC(=O)CCSc1nc2ccccc2c(=O)n1-c1cccc(Cl)c1. The molecule has 0 saturated carbocycles. The highest BCUT2D eigenvalue weighted by Crippen LogP contribution is 2.23. The van der Waals surface area contributed by atoms with Crippen molar-refractivity contribution in [1.82, 2.24) is 9.55 Å². The van der Waals surface area contributed by atoms with Crippen molar-refractivity contribution in [2.24, 2.45) is 5.73 Å². The Morgan fingerprint density at radius 3 is 2.75 bits per heavy atom. The Labute approximate surface area is 147 Å². The number of amides is 1. The normalized spacial score (nSPS) is 10.9. The number of fused-ring (bicyclic) bond motifs is 1. The molecule has 24 heavy (non-hydrogen) atoms. The fourth-order valence-electron chi connectivity index (χ4n) is 2.29. The van der Waals surface area contributed by atoms with Crippen molar-refractivity contribution in [3.05, 3.63) is 63.9 Å². The molecule has 0 fully saturated rings. The second-order valence-corrected chi connectivity index (χ2v) is 6.60. The van der Waals surface area contributed by atoms with E-state index >= 15 is 0 Å². The van der Waals surface area contributed by atoms with E-state index in [1.165, 1.54) is 16.3 Å². The van der Waals surface area contributed by atoms with Gasteiger partial charge in [-0.15, -0.1) is 0 Å². The first-order chi connectivity index (χ1) is 11.6. The summed E-state index contributed by atoms with van der Waals surface area (Å²) in [6.07, 6.45) is 0.211. The van der Waals surface area contributed by atoms with Crippen LogP contribution in [-0.2, 0) is 4.79 Å². The zero-order valence-electron chi connectivity index (χ0n) is 12.6. The van der Waals surface area contributed by atoms with Crippen LogP contribution >= 0.6 is 23.4 Å². The lowest BCUT2D eigenvalue weighted by atomic mass is 10.2. The molecule has 1 heterocycles. The third-order valence-electron chi connectivity index (χ3n) is 3.39. The Balaban J connectivity index is 2.18. The number of para-hydroxylation sites is 1. The van der Waals surface area contributed by atoms with Gasteiger partial charge in [-0.25, -0.2) is 4.98 Å². The first-order valence-electron chi connectivity index (χ1n) is 7.25. The summed E-state index contributed by atoms with van der Waals surface area (Å²) in [5, 5.41) is 1.56. The van der Waals surface area contributed by atoms with Crippen LogP contribution in [0.1, 0.15) is 6.42 Å². The molecular formula is C17H14ClN3O2S. The second kappa shape index (κ2) is 7.07. The number of aromatic nitrogens is 2. The monoisotopic (exact) mass is 359 g/mol. The van der Waals surface area contributed by atoms with Crippen molar-refractivity contribution in [3.63, 3.8) is 0 Å². The predicted molar refractivity (Wildman–Crippen MR) is 96.9 cm³/mol. The number of carbonyl (C=O) groups excluding carboxylic acids is 1. The number of primary amides is 1. The molecule has 0 bridgehead atoms. The molecule has 0 atom stereocenters. The Morgan fingerprint density at radius 1 is 1.21 bits per heavy atom. The Hall–Kier alpha value is -2.31. The lowest BCUT2D eigenvalue weighted by Crippen LogP contribution is -2.22. The third kappa shape index (κ3) is 3.44. The van der Waals surface area contributed by atoms with E-state index in [1.54, 1.807) is 42.5 Å². The Kier molecular flexibility index (Phi) is 4.87. The molecule has 0 saturated heterocycles. The van der Waals surface area contributed by atoms with Crippen LogP contribution in [0.4, 0.5) is 0 Å².